The number of hydrogen-bond donors (Lipinski definition) is 0. The summed E-state index contributed by atoms with van der Waals surface area (Å²) in [6.45, 7) is 9.39. The van der Waals surface area contributed by atoms with Crippen molar-refractivity contribution in [3.8, 4) is 0 Å². The third-order valence-electron chi connectivity index (χ3n) is 5.31. The molecule has 1 nitrogen and oxygen atoms in total. The number of hydrogen-bond acceptors (Lipinski definition) is 1. The molecular formula is C16H23N. The quantitative estimate of drug-likeness (QED) is 0.653. The van der Waals surface area contributed by atoms with Crippen molar-refractivity contribution in [1.82, 2.24) is 4.90 Å². The molecule has 0 saturated carbocycles. The second kappa shape index (κ2) is 3.58. The van der Waals surface area contributed by atoms with Gasteiger partial charge in [0.05, 0.1) is 0 Å². The summed E-state index contributed by atoms with van der Waals surface area (Å²) in [6.07, 6.45) is 3.97. The lowest BCUT2D eigenvalue weighted by atomic mass is 9.87. The molecule has 1 heteroatoms. The third-order valence-corrected chi connectivity index (χ3v) is 5.31. The molecule has 0 N–H and O–H groups in total. The maximum Gasteiger partial charge on any atom is 0.0329 e. The van der Waals surface area contributed by atoms with Crippen LogP contribution in [-0.2, 0) is 12.8 Å². The highest BCUT2D eigenvalue weighted by Gasteiger charge is 2.36. The SMILES string of the molecule is Cc1c(C)c2c(c3c1CCC3)C(C)N(C)C2C. The summed E-state index contributed by atoms with van der Waals surface area (Å²) in [6, 6.07) is 1.19. The smallest absolute Gasteiger partial charge is 0.0329 e. The zero-order valence-electron chi connectivity index (χ0n) is 11.7. The van der Waals surface area contributed by atoms with Crippen molar-refractivity contribution in [3.05, 3.63) is 33.4 Å². The van der Waals surface area contributed by atoms with Crippen LogP contribution in [0.15, 0.2) is 0 Å². The van der Waals surface area contributed by atoms with Gasteiger partial charge in [-0.05, 0) is 87.4 Å². The van der Waals surface area contributed by atoms with E-state index in [-0.39, 0.29) is 0 Å². The molecule has 1 aromatic rings. The summed E-state index contributed by atoms with van der Waals surface area (Å²) in [5, 5.41) is 0. The van der Waals surface area contributed by atoms with Crippen LogP contribution in [0.2, 0.25) is 0 Å². The molecule has 0 aromatic heterocycles. The first-order chi connectivity index (χ1) is 8.04. The average molecular weight is 229 g/mol. The molecule has 0 radical (unpaired) electrons. The van der Waals surface area contributed by atoms with Gasteiger partial charge in [0.2, 0.25) is 0 Å². The van der Waals surface area contributed by atoms with E-state index in [1.165, 1.54) is 19.3 Å². The predicted molar refractivity (Wildman–Crippen MR) is 72.5 cm³/mol. The van der Waals surface area contributed by atoms with Crippen LogP contribution in [0.1, 0.15) is 65.7 Å². The molecule has 0 fully saturated rings. The highest BCUT2D eigenvalue weighted by atomic mass is 15.2. The Morgan fingerprint density at radius 2 is 1.47 bits per heavy atom. The molecule has 2 aliphatic rings. The van der Waals surface area contributed by atoms with Gasteiger partial charge in [0.15, 0.2) is 0 Å². The van der Waals surface area contributed by atoms with Gasteiger partial charge in [0.1, 0.15) is 0 Å². The first kappa shape index (κ1) is 11.3. The van der Waals surface area contributed by atoms with E-state index in [1.54, 1.807) is 33.4 Å². The summed E-state index contributed by atoms with van der Waals surface area (Å²) < 4.78 is 0. The Morgan fingerprint density at radius 3 is 2.18 bits per heavy atom. The van der Waals surface area contributed by atoms with Crippen molar-refractivity contribution in [3.63, 3.8) is 0 Å². The van der Waals surface area contributed by atoms with Crippen molar-refractivity contribution in [2.45, 2.75) is 59.0 Å². The highest BCUT2D eigenvalue weighted by Crippen LogP contribution is 2.47. The number of nitrogens with zero attached hydrogens (tertiary/aromatic N) is 1. The van der Waals surface area contributed by atoms with Crippen molar-refractivity contribution < 1.29 is 0 Å². The first-order valence-electron chi connectivity index (χ1n) is 6.90. The Hall–Kier alpha value is -0.820. The van der Waals surface area contributed by atoms with E-state index < -0.39 is 0 Å². The summed E-state index contributed by atoms with van der Waals surface area (Å²) in [5.41, 5.74) is 9.83. The molecule has 1 heterocycles. The normalized spacial score (nSPS) is 27.4. The van der Waals surface area contributed by atoms with Gasteiger partial charge in [0.25, 0.3) is 0 Å². The topological polar surface area (TPSA) is 3.24 Å². The van der Waals surface area contributed by atoms with Crippen LogP contribution in [0, 0.1) is 13.8 Å². The second-order valence-electron chi connectivity index (χ2n) is 5.91. The molecule has 0 bridgehead atoms. The van der Waals surface area contributed by atoms with Gasteiger partial charge in [-0.2, -0.15) is 0 Å². The molecule has 17 heavy (non-hydrogen) atoms. The third kappa shape index (κ3) is 1.29. The molecule has 0 amide bonds. The lowest BCUT2D eigenvalue weighted by molar-refractivity contribution is 0.232. The van der Waals surface area contributed by atoms with Crippen molar-refractivity contribution >= 4 is 0 Å². The number of fused-ring (bicyclic) bond motifs is 3. The molecule has 2 unspecified atom stereocenters. The van der Waals surface area contributed by atoms with Gasteiger partial charge in [-0.25, -0.2) is 0 Å². The lowest BCUT2D eigenvalue weighted by Gasteiger charge is -2.20. The monoisotopic (exact) mass is 229 g/mol. The molecule has 0 spiro atoms. The van der Waals surface area contributed by atoms with Gasteiger partial charge in [0, 0.05) is 12.1 Å². The maximum absolute atomic E-state index is 2.52. The van der Waals surface area contributed by atoms with Crippen LogP contribution >= 0.6 is 0 Å². The Balaban J connectivity index is 2.34. The fourth-order valence-electron chi connectivity index (χ4n) is 4.01. The van der Waals surface area contributed by atoms with E-state index in [0.29, 0.717) is 12.1 Å². The van der Waals surface area contributed by atoms with Gasteiger partial charge >= 0.3 is 0 Å². The lowest BCUT2D eigenvalue weighted by Crippen LogP contribution is -2.17. The Morgan fingerprint density at radius 1 is 0.882 bits per heavy atom. The van der Waals surface area contributed by atoms with Crippen molar-refractivity contribution in [2.24, 2.45) is 0 Å². The molecular weight excluding hydrogens is 206 g/mol. The molecule has 1 aromatic carbocycles. The second-order valence-corrected chi connectivity index (χ2v) is 5.91. The fourth-order valence-corrected chi connectivity index (χ4v) is 4.01. The van der Waals surface area contributed by atoms with Gasteiger partial charge in [-0.3, -0.25) is 4.90 Å². The first-order valence-corrected chi connectivity index (χ1v) is 6.90. The van der Waals surface area contributed by atoms with E-state index in [1.807, 2.05) is 0 Å². The Labute approximate surface area is 105 Å². The number of benzene rings is 1. The average Bonchev–Trinajstić information content (AvgIpc) is 2.86. The molecule has 2 atom stereocenters. The van der Waals surface area contributed by atoms with Crippen molar-refractivity contribution in [1.29, 1.82) is 0 Å². The number of rotatable bonds is 0. The molecule has 92 valence electrons. The Bertz CT molecular complexity index is 487. The van der Waals surface area contributed by atoms with Crippen LogP contribution in [-0.4, -0.2) is 11.9 Å². The standard InChI is InChI=1S/C16H23N/c1-9-10(2)15-11(3)17(5)12(4)16(15)14-8-6-7-13(9)14/h11-12H,6-8H2,1-5H3. The van der Waals surface area contributed by atoms with Gasteiger partial charge < -0.3 is 0 Å². The summed E-state index contributed by atoms with van der Waals surface area (Å²) >= 11 is 0. The Kier molecular flexibility index (Phi) is 2.38. The van der Waals surface area contributed by atoms with Gasteiger partial charge in [-0.1, -0.05) is 0 Å². The van der Waals surface area contributed by atoms with Crippen LogP contribution in [0.5, 0.6) is 0 Å². The summed E-state index contributed by atoms with van der Waals surface area (Å²) in [5.74, 6) is 0. The summed E-state index contributed by atoms with van der Waals surface area (Å²) in [4.78, 5) is 2.52. The summed E-state index contributed by atoms with van der Waals surface area (Å²) in [7, 11) is 2.27. The van der Waals surface area contributed by atoms with E-state index in [4.69, 9.17) is 0 Å². The van der Waals surface area contributed by atoms with Crippen LogP contribution < -0.4 is 0 Å². The fraction of sp³-hybridized carbons (Fsp3) is 0.625. The molecule has 1 aliphatic carbocycles. The minimum absolute atomic E-state index is 0.588. The van der Waals surface area contributed by atoms with E-state index in [2.05, 4.69) is 39.6 Å². The zero-order chi connectivity index (χ0) is 12.3. The highest BCUT2D eigenvalue weighted by molar-refractivity contribution is 5.56. The van der Waals surface area contributed by atoms with Crippen LogP contribution in [0.4, 0.5) is 0 Å². The minimum Gasteiger partial charge on any atom is -0.293 e. The van der Waals surface area contributed by atoms with Crippen LogP contribution in [0.25, 0.3) is 0 Å². The maximum atomic E-state index is 2.52. The molecule has 1 aliphatic heterocycles. The van der Waals surface area contributed by atoms with E-state index >= 15 is 0 Å². The van der Waals surface area contributed by atoms with E-state index in [0.717, 1.165) is 0 Å². The largest absolute Gasteiger partial charge is 0.293 e. The van der Waals surface area contributed by atoms with Crippen LogP contribution in [0.3, 0.4) is 0 Å². The molecule has 3 rings (SSSR count). The van der Waals surface area contributed by atoms with Gasteiger partial charge in [-0.15, -0.1) is 0 Å². The van der Waals surface area contributed by atoms with Crippen molar-refractivity contribution in [2.75, 3.05) is 7.05 Å². The van der Waals surface area contributed by atoms with E-state index in [9.17, 15) is 0 Å². The minimum atomic E-state index is 0.588. The zero-order valence-corrected chi connectivity index (χ0v) is 11.7. The predicted octanol–water partition coefficient (Wildman–Crippen LogP) is 3.86. The molecule has 0 saturated heterocycles.